The van der Waals surface area contributed by atoms with Gasteiger partial charge >= 0.3 is 11.9 Å². The maximum Gasteiger partial charge on any atom is 0.336 e. The first kappa shape index (κ1) is 20.1. The number of fused-ring (bicyclic) bond motifs is 2. The first-order chi connectivity index (χ1) is 14.8. The van der Waals surface area contributed by atoms with E-state index >= 15 is 0 Å². The van der Waals surface area contributed by atoms with Crippen LogP contribution in [0.2, 0.25) is 0 Å². The lowest BCUT2D eigenvalue weighted by Gasteiger charge is -2.18. The summed E-state index contributed by atoms with van der Waals surface area (Å²) in [5.74, 6) is -2.72. The van der Waals surface area contributed by atoms with Crippen LogP contribution in [0.3, 0.4) is 0 Å². The van der Waals surface area contributed by atoms with Crippen molar-refractivity contribution in [1.82, 2.24) is 0 Å². The molecule has 0 amide bonds. The number of carbonyl (C=O) groups is 2. The van der Waals surface area contributed by atoms with Crippen LogP contribution in [-0.2, 0) is 11.5 Å². The Labute approximate surface area is 173 Å². The fraction of sp³-hybridized carbons (Fsp3) is 0.0455. The molecule has 9 nitrogen and oxygen atoms in total. The molecule has 1 heterocycles. The van der Waals surface area contributed by atoms with E-state index < -0.39 is 18.5 Å². The van der Waals surface area contributed by atoms with Crippen LogP contribution < -0.4 is 5.43 Å². The highest BCUT2D eigenvalue weighted by Gasteiger charge is 2.25. The molecule has 0 saturated carbocycles. The van der Waals surface area contributed by atoms with Gasteiger partial charge in [-0.1, -0.05) is 0 Å². The minimum Gasteiger partial charge on any atom is -0.508 e. The fourth-order valence-corrected chi connectivity index (χ4v) is 3.57. The molecular weight excluding hydrogens is 408 g/mol. The highest BCUT2D eigenvalue weighted by atomic mass is 17.1. The molecule has 0 atom stereocenters. The van der Waals surface area contributed by atoms with Crippen molar-refractivity contribution in [3.05, 3.63) is 75.4 Å². The van der Waals surface area contributed by atoms with E-state index in [0.717, 1.165) is 6.07 Å². The van der Waals surface area contributed by atoms with E-state index in [4.69, 9.17) is 9.67 Å². The zero-order valence-corrected chi connectivity index (χ0v) is 15.7. The number of hydrogen-bond donors (Lipinski definition) is 4. The Bertz CT molecular complexity index is 1380. The number of carboxylic acid groups (broad SMARTS) is 2. The Hall–Kier alpha value is -4.21. The van der Waals surface area contributed by atoms with Crippen LogP contribution in [-0.4, -0.2) is 32.5 Å². The van der Waals surface area contributed by atoms with Crippen molar-refractivity contribution >= 4 is 22.9 Å². The molecule has 0 radical (unpaired) electrons. The molecule has 2 aromatic rings. The second kappa shape index (κ2) is 7.56. The molecule has 2 aromatic carbocycles. The molecule has 0 aromatic heterocycles. The molecule has 4 rings (SSSR count). The number of rotatable bonds is 5. The monoisotopic (exact) mass is 422 g/mol. The van der Waals surface area contributed by atoms with E-state index in [2.05, 4.69) is 4.89 Å². The third kappa shape index (κ3) is 3.48. The Morgan fingerprint density at radius 3 is 2.32 bits per heavy atom. The number of aromatic hydroxyl groups is 1. The predicted octanol–water partition coefficient (Wildman–Crippen LogP) is 3.66. The first-order valence-electron chi connectivity index (χ1n) is 8.90. The van der Waals surface area contributed by atoms with Gasteiger partial charge in [0.2, 0.25) is 0 Å². The zero-order chi connectivity index (χ0) is 22.3. The molecule has 2 aliphatic rings. The molecule has 0 unspecified atom stereocenters. The van der Waals surface area contributed by atoms with E-state index in [1.165, 1.54) is 42.5 Å². The first-order valence-corrected chi connectivity index (χ1v) is 8.90. The van der Waals surface area contributed by atoms with Gasteiger partial charge in [-0.3, -0.25) is 10.1 Å². The molecule has 1 aliphatic carbocycles. The summed E-state index contributed by atoms with van der Waals surface area (Å²) >= 11 is 0. The number of benzene rings is 3. The zero-order valence-electron chi connectivity index (χ0n) is 15.7. The van der Waals surface area contributed by atoms with Gasteiger partial charge in [-0.05, 0) is 47.5 Å². The summed E-state index contributed by atoms with van der Waals surface area (Å²) in [4.78, 5) is 39.6. The Morgan fingerprint density at radius 1 is 0.903 bits per heavy atom. The van der Waals surface area contributed by atoms with Crippen molar-refractivity contribution in [1.29, 1.82) is 0 Å². The highest BCUT2D eigenvalue weighted by Crippen LogP contribution is 2.42. The maximum atomic E-state index is 12.0. The topological polar surface area (TPSA) is 154 Å². The van der Waals surface area contributed by atoms with Crippen LogP contribution in [0.15, 0.2) is 57.7 Å². The number of aromatic carboxylic acids is 2. The van der Waals surface area contributed by atoms with Gasteiger partial charge in [0.15, 0.2) is 5.43 Å². The summed E-state index contributed by atoms with van der Waals surface area (Å²) in [7, 11) is 0. The summed E-state index contributed by atoms with van der Waals surface area (Å²) in [5.41, 5.74) is 0.110. The summed E-state index contributed by atoms with van der Waals surface area (Å²) < 4.78 is 5.74. The molecule has 31 heavy (non-hydrogen) atoms. The third-order valence-corrected chi connectivity index (χ3v) is 4.87. The molecule has 4 N–H and O–H groups in total. The second-order valence-corrected chi connectivity index (χ2v) is 6.75. The standard InChI is InChI=1S/C22H14O9/c23-11-1-3-13-18(6-11)31-19-7-12(24)2-4-14(19)20(13)16-5-10(9-30-29)15(21(25)26)8-17(16)22(27)28/h1-8,23,29H,9H2,(H,25,26)(H,27,28). The Morgan fingerprint density at radius 2 is 1.65 bits per heavy atom. The molecule has 0 spiro atoms. The van der Waals surface area contributed by atoms with Crippen LogP contribution in [0, 0.1) is 0 Å². The SMILES string of the molecule is O=C(O)c1cc(C(=O)O)c(-c2c3ccc(=O)cc-3oc3cc(O)ccc23)cc1COO. The van der Waals surface area contributed by atoms with Crippen molar-refractivity contribution in [2.45, 2.75) is 6.61 Å². The van der Waals surface area contributed by atoms with Crippen molar-refractivity contribution in [2.75, 3.05) is 0 Å². The van der Waals surface area contributed by atoms with Crippen molar-refractivity contribution in [2.24, 2.45) is 0 Å². The second-order valence-electron chi connectivity index (χ2n) is 6.75. The number of carboxylic acids is 2. The maximum absolute atomic E-state index is 12.0. The van der Waals surface area contributed by atoms with Gasteiger partial charge in [0.25, 0.3) is 0 Å². The molecule has 0 saturated heterocycles. The summed E-state index contributed by atoms with van der Waals surface area (Å²) in [6.07, 6.45) is 0. The molecular formula is C22H14O9. The van der Waals surface area contributed by atoms with Crippen LogP contribution in [0.5, 0.6) is 5.75 Å². The summed E-state index contributed by atoms with van der Waals surface area (Å²) in [6.45, 7) is -0.493. The van der Waals surface area contributed by atoms with Crippen LogP contribution >= 0.6 is 0 Å². The van der Waals surface area contributed by atoms with Crippen molar-refractivity contribution in [3.8, 4) is 28.2 Å². The van der Waals surface area contributed by atoms with Gasteiger partial charge in [-0.2, -0.15) is 0 Å². The quantitative estimate of drug-likeness (QED) is 0.214. The van der Waals surface area contributed by atoms with E-state index in [-0.39, 0.29) is 44.8 Å². The molecule has 0 bridgehead atoms. The average molecular weight is 422 g/mol. The van der Waals surface area contributed by atoms with Crippen molar-refractivity contribution < 1.29 is 39.5 Å². The van der Waals surface area contributed by atoms with Gasteiger partial charge < -0.3 is 19.7 Å². The number of phenolic OH excluding ortho intramolecular Hbond substituents is 1. The Balaban J connectivity index is 2.19. The van der Waals surface area contributed by atoms with Crippen molar-refractivity contribution in [3.63, 3.8) is 0 Å². The van der Waals surface area contributed by atoms with Crippen LogP contribution in [0.1, 0.15) is 26.3 Å². The Kier molecular flexibility index (Phi) is 4.90. The van der Waals surface area contributed by atoms with Gasteiger partial charge in [0, 0.05) is 28.6 Å². The average Bonchev–Trinajstić information content (AvgIpc) is 2.71. The lowest BCUT2D eigenvalue weighted by molar-refractivity contribution is -0.253. The van der Waals surface area contributed by atoms with E-state index in [1.54, 1.807) is 0 Å². The van der Waals surface area contributed by atoms with Crippen LogP contribution in [0.4, 0.5) is 0 Å². The van der Waals surface area contributed by atoms with Gasteiger partial charge in [0.05, 0.1) is 11.1 Å². The molecule has 1 aliphatic heterocycles. The van der Waals surface area contributed by atoms with Gasteiger partial charge in [-0.25, -0.2) is 14.5 Å². The van der Waals surface area contributed by atoms with E-state index in [9.17, 15) is 29.7 Å². The molecule has 0 fully saturated rings. The smallest absolute Gasteiger partial charge is 0.336 e. The lowest BCUT2D eigenvalue weighted by atomic mass is 9.88. The summed E-state index contributed by atoms with van der Waals surface area (Å²) in [5, 5.41) is 38.4. The largest absolute Gasteiger partial charge is 0.508 e. The highest BCUT2D eigenvalue weighted by molar-refractivity contribution is 6.09. The van der Waals surface area contributed by atoms with E-state index in [0.29, 0.717) is 16.5 Å². The normalized spacial score (nSPS) is 11.1. The van der Waals surface area contributed by atoms with Gasteiger partial charge in [-0.15, -0.1) is 0 Å². The molecule has 156 valence electrons. The minimum absolute atomic E-state index is 0.0383. The van der Waals surface area contributed by atoms with Gasteiger partial charge in [0.1, 0.15) is 23.7 Å². The third-order valence-electron chi connectivity index (χ3n) is 4.87. The predicted molar refractivity (Wildman–Crippen MR) is 108 cm³/mol. The minimum atomic E-state index is -1.39. The van der Waals surface area contributed by atoms with Crippen LogP contribution in [0.25, 0.3) is 33.4 Å². The fourth-order valence-electron chi connectivity index (χ4n) is 3.57. The lowest BCUT2D eigenvalue weighted by Crippen LogP contribution is -2.10. The molecule has 9 heteroatoms. The summed E-state index contributed by atoms with van der Waals surface area (Å²) in [6, 6.07) is 10.5. The van der Waals surface area contributed by atoms with E-state index in [1.807, 2.05) is 0 Å². The number of phenols is 1. The number of hydrogen-bond acceptors (Lipinski definition) is 7.